The summed E-state index contributed by atoms with van der Waals surface area (Å²) in [5.41, 5.74) is 5.02. The number of aliphatic imine (C=N–C) groups is 1. The largest absolute Gasteiger partial charge is 0.481 e. The molecular formula is C26H21ClN4O4S. The van der Waals surface area contributed by atoms with Gasteiger partial charge in [-0.1, -0.05) is 66.2 Å². The lowest BCUT2D eigenvalue weighted by molar-refractivity contribution is -0.142. The number of nitrogens with one attached hydrogen (secondary N) is 2. The van der Waals surface area contributed by atoms with E-state index >= 15 is 0 Å². The summed E-state index contributed by atoms with van der Waals surface area (Å²) in [5, 5.41) is 5.01. The van der Waals surface area contributed by atoms with Crippen molar-refractivity contribution >= 4 is 58.4 Å². The van der Waals surface area contributed by atoms with Crippen molar-refractivity contribution in [1.29, 1.82) is 0 Å². The van der Waals surface area contributed by atoms with Gasteiger partial charge in [-0.25, -0.2) is 9.79 Å². The molecule has 0 radical (unpaired) electrons. The maximum Gasteiger partial charge on any atom is 0.343 e. The van der Waals surface area contributed by atoms with Crippen LogP contribution in [0.2, 0.25) is 5.02 Å². The molecule has 1 aliphatic heterocycles. The number of halogens is 1. The molecule has 10 heteroatoms. The van der Waals surface area contributed by atoms with E-state index < -0.39 is 11.9 Å². The van der Waals surface area contributed by atoms with Crippen LogP contribution in [0.15, 0.2) is 89.6 Å². The fourth-order valence-corrected chi connectivity index (χ4v) is 3.70. The zero-order chi connectivity index (χ0) is 25.5. The van der Waals surface area contributed by atoms with Gasteiger partial charge in [0.25, 0.3) is 5.91 Å². The molecule has 0 saturated carbocycles. The quantitative estimate of drug-likeness (QED) is 0.270. The molecule has 36 heavy (non-hydrogen) atoms. The van der Waals surface area contributed by atoms with Crippen molar-refractivity contribution in [3.63, 3.8) is 0 Å². The summed E-state index contributed by atoms with van der Waals surface area (Å²) in [6.07, 6.45) is 1.59. The minimum absolute atomic E-state index is 0.154. The van der Waals surface area contributed by atoms with E-state index in [9.17, 15) is 9.59 Å². The molecule has 0 saturated heterocycles. The molecule has 1 aliphatic rings. The van der Waals surface area contributed by atoms with Crippen molar-refractivity contribution in [3.05, 3.63) is 101 Å². The molecular weight excluding hydrogens is 500 g/mol. The van der Waals surface area contributed by atoms with Crippen LogP contribution in [-0.4, -0.2) is 41.6 Å². The number of benzene rings is 3. The van der Waals surface area contributed by atoms with Crippen molar-refractivity contribution in [3.8, 4) is 5.75 Å². The molecule has 0 spiro atoms. The number of carbonyl (C=O) groups excluding carboxylic acids is 2. The zero-order valence-electron chi connectivity index (χ0n) is 19.1. The van der Waals surface area contributed by atoms with Gasteiger partial charge >= 0.3 is 5.97 Å². The first kappa shape index (κ1) is 24.9. The Hall–Kier alpha value is -4.21. The lowest BCUT2D eigenvalue weighted by Crippen LogP contribution is -2.48. The smallest absolute Gasteiger partial charge is 0.343 e. The van der Waals surface area contributed by atoms with Crippen LogP contribution in [0, 0.1) is 0 Å². The zero-order valence-corrected chi connectivity index (χ0v) is 20.7. The van der Waals surface area contributed by atoms with Crippen molar-refractivity contribution in [2.45, 2.75) is 0 Å². The molecule has 8 nitrogen and oxygen atoms in total. The van der Waals surface area contributed by atoms with Gasteiger partial charge in [-0.3, -0.25) is 10.2 Å². The minimum atomic E-state index is -0.519. The number of rotatable bonds is 7. The molecule has 1 heterocycles. The van der Waals surface area contributed by atoms with Gasteiger partial charge in [0.1, 0.15) is 11.4 Å². The van der Waals surface area contributed by atoms with Gasteiger partial charge in [-0.05, 0) is 42.6 Å². The summed E-state index contributed by atoms with van der Waals surface area (Å²) < 4.78 is 10.2. The monoisotopic (exact) mass is 520 g/mol. The third-order valence-corrected chi connectivity index (χ3v) is 5.40. The van der Waals surface area contributed by atoms with Crippen LogP contribution >= 0.6 is 23.8 Å². The Labute approximate surface area is 218 Å². The molecule has 0 aliphatic carbocycles. The number of hydrogen-bond acceptors (Lipinski definition) is 6. The Balaban J connectivity index is 1.62. The number of ether oxygens (including phenoxy) is 2. The van der Waals surface area contributed by atoms with Crippen LogP contribution in [0.5, 0.6) is 5.75 Å². The average molecular weight is 521 g/mol. The lowest BCUT2D eigenvalue weighted by Gasteiger charge is -2.21. The molecule has 0 atom stereocenters. The number of thiocarbonyl (C=S) groups is 1. The van der Waals surface area contributed by atoms with Gasteiger partial charge in [0, 0.05) is 21.8 Å². The number of carbonyl (C=O) groups is 2. The number of para-hydroxylation sites is 1. The molecule has 0 aromatic heterocycles. The highest BCUT2D eigenvalue weighted by Gasteiger charge is 2.32. The Morgan fingerprint density at radius 1 is 1.08 bits per heavy atom. The molecule has 2 N–H and O–H groups in total. The maximum absolute atomic E-state index is 13.4. The molecule has 0 fully saturated rings. The van der Waals surface area contributed by atoms with Crippen molar-refractivity contribution in [1.82, 2.24) is 10.4 Å². The Kier molecular flexibility index (Phi) is 7.94. The van der Waals surface area contributed by atoms with Crippen LogP contribution in [0.4, 0.5) is 5.69 Å². The number of hydrazine groups is 1. The van der Waals surface area contributed by atoms with Gasteiger partial charge in [0.15, 0.2) is 17.6 Å². The summed E-state index contributed by atoms with van der Waals surface area (Å²) in [7, 11) is 1.28. The highest BCUT2D eigenvalue weighted by atomic mass is 35.5. The highest BCUT2D eigenvalue weighted by molar-refractivity contribution is 7.80. The van der Waals surface area contributed by atoms with Gasteiger partial charge in [-0.15, -0.1) is 0 Å². The molecule has 182 valence electrons. The molecule has 4 rings (SSSR count). The van der Waals surface area contributed by atoms with E-state index in [0.717, 1.165) is 0 Å². The Bertz CT molecular complexity index is 1360. The first-order chi connectivity index (χ1) is 17.4. The Morgan fingerprint density at radius 3 is 2.58 bits per heavy atom. The number of nitrogens with zero attached hydrogens (tertiary/aromatic N) is 2. The number of esters is 1. The van der Waals surface area contributed by atoms with Gasteiger partial charge in [-0.2, -0.15) is 5.01 Å². The van der Waals surface area contributed by atoms with Crippen LogP contribution in [-0.2, 0) is 14.3 Å². The molecule has 0 bridgehead atoms. The molecule has 3 aromatic rings. The van der Waals surface area contributed by atoms with E-state index in [1.54, 1.807) is 54.6 Å². The predicted octanol–water partition coefficient (Wildman–Crippen LogP) is 4.42. The third kappa shape index (κ3) is 6.07. The summed E-state index contributed by atoms with van der Waals surface area (Å²) in [5.74, 6) is -0.166. The SMILES string of the molecule is COC(=O)COc1ccccc1/C=C1\N=C(c2ccccc2)N(NC(=S)Nc2cccc(Cl)c2)C1=O. The normalized spacial score (nSPS) is 13.8. The molecule has 1 amide bonds. The summed E-state index contributed by atoms with van der Waals surface area (Å²) in [6.45, 7) is -0.264. The number of hydrogen-bond donors (Lipinski definition) is 2. The minimum Gasteiger partial charge on any atom is -0.481 e. The standard InChI is InChI=1S/C26H21ClN4O4S/c1-34-23(32)16-35-22-13-6-5-10-18(22)14-21-25(33)31(24(29-21)17-8-3-2-4-9-17)30-26(36)28-20-12-7-11-19(27)15-20/h2-15H,16H2,1H3,(H2,28,30,36)/b21-14-. The first-order valence-corrected chi connectivity index (χ1v) is 11.6. The van der Waals surface area contributed by atoms with Crippen LogP contribution in [0.1, 0.15) is 11.1 Å². The maximum atomic E-state index is 13.4. The van der Waals surface area contributed by atoms with Crippen molar-refractivity contribution in [2.24, 2.45) is 4.99 Å². The van der Waals surface area contributed by atoms with Crippen molar-refractivity contribution in [2.75, 3.05) is 19.0 Å². The van der Waals surface area contributed by atoms with Gasteiger partial charge in [0.05, 0.1) is 7.11 Å². The van der Waals surface area contributed by atoms with Gasteiger partial charge in [0.2, 0.25) is 0 Å². The predicted molar refractivity (Wildman–Crippen MR) is 143 cm³/mol. The second-order valence-electron chi connectivity index (χ2n) is 7.45. The summed E-state index contributed by atoms with van der Waals surface area (Å²) in [4.78, 5) is 29.5. The fourth-order valence-electron chi connectivity index (χ4n) is 3.30. The number of methoxy groups -OCH3 is 1. The van der Waals surface area contributed by atoms with E-state index in [2.05, 4.69) is 20.5 Å². The molecule has 3 aromatic carbocycles. The van der Waals surface area contributed by atoms with E-state index in [0.29, 0.717) is 33.4 Å². The van der Waals surface area contributed by atoms with Crippen LogP contribution < -0.4 is 15.5 Å². The summed E-state index contributed by atoms with van der Waals surface area (Å²) in [6, 6.07) is 23.3. The van der Waals surface area contributed by atoms with E-state index in [1.807, 2.05) is 30.3 Å². The van der Waals surface area contributed by atoms with Crippen LogP contribution in [0.3, 0.4) is 0 Å². The molecule has 0 unspecified atom stereocenters. The number of amidine groups is 1. The second kappa shape index (κ2) is 11.5. The van der Waals surface area contributed by atoms with E-state index in [4.69, 9.17) is 28.6 Å². The Morgan fingerprint density at radius 2 is 1.83 bits per heavy atom. The number of amides is 1. The summed E-state index contributed by atoms with van der Waals surface area (Å²) >= 11 is 11.5. The average Bonchev–Trinajstić information content (AvgIpc) is 3.18. The van der Waals surface area contributed by atoms with Crippen LogP contribution in [0.25, 0.3) is 6.08 Å². The first-order valence-electron chi connectivity index (χ1n) is 10.8. The van der Waals surface area contributed by atoms with E-state index in [1.165, 1.54) is 12.1 Å². The highest BCUT2D eigenvalue weighted by Crippen LogP contribution is 2.26. The third-order valence-electron chi connectivity index (χ3n) is 4.97. The topological polar surface area (TPSA) is 92.3 Å². The lowest BCUT2D eigenvalue weighted by atomic mass is 10.1. The van der Waals surface area contributed by atoms with Gasteiger partial charge < -0.3 is 14.8 Å². The fraction of sp³-hybridized carbons (Fsp3) is 0.0769. The number of anilines is 1. The van der Waals surface area contributed by atoms with E-state index in [-0.39, 0.29) is 17.4 Å². The second-order valence-corrected chi connectivity index (χ2v) is 8.30. The van der Waals surface area contributed by atoms with Crippen molar-refractivity contribution < 1.29 is 19.1 Å².